The van der Waals surface area contributed by atoms with Crippen LogP contribution in [0.5, 0.6) is 5.75 Å². The van der Waals surface area contributed by atoms with Gasteiger partial charge in [0.2, 0.25) is 5.91 Å². The first-order chi connectivity index (χ1) is 14.2. The molecule has 2 aliphatic rings. The van der Waals surface area contributed by atoms with Gasteiger partial charge in [0.1, 0.15) is 10.6 Å². The van der Waals surface area contributed by atoms with Crippen LogP contribution in [0.4, 0.5) is 5.69 Å². The summed E-state index contributed by atoms with van der Waals surface area (Å²) in [4.78, 5) is 21.8. The van der Waals surface area contributed by atoms with Crippen molar-refractivity contribution in [3.05, 3.63) is 40.9 Å². The minimum atomic E-state index is 0.0483. The van der Waals surface area contributed by atoms with Gasteiger partial charge in [-0.3, -0.25) is 4.79 Å². The third-order valence-electron chi connectivity index (χ3n) is 5.92. The van der Waals surface area contributed by atoms with Crippen LogP contribution in [0.25, 0.3) is 21.3 Å². The molecule has 3 aromatic rings. The molecule has 1 amide bonds. The Bertz CT molecular complexity index is 1070. The maximum absolute atomic E-state index is 12.2. The zero-order valence-electron chi connectivity index (χ0n) is 16.3. The van der Waals surface area contributed by atoms with Gasteiger partial charge in [0, 0.05) is 41.1 Å². The fraction of sp³-hybridized carbons (Fsp3) is 0.364. The quantitative estimate of drug-likeness (QED) is 0.663. The number of benzene rings is 1. The highest BCUT2D eigenvalue weighted by atomic mass is 32.2. The van der Waals surface area contributed by atoms with E-state index >= 15 is 0 Å². The lowest BCUT2D eigenvalue weighted by Crippen LogP contribution is -2.31. The fourth-order valence-electron chi connectivity index (χ4n) is 4.42. The van der Waals surface area contributed by atoms with Crippen molar-refractivity contribution in [2.45, 2.75) is 19.3 Å². The summed E-state index contributed by atoms with van der Waals surface area (Å²) < 4.78 is 0. The number of carbonyl (C=O) groups excluding carboxylic acids is 1. The Kier molecular flexibility index (Phi) is 4.87. The number of nitrogens with zero attached hydrogens (tertiary/aromatic N) is 2. The standard InChI is InChI=1S/C22H23N3O2S2/c1-23-21(27)14-4-7-16-18(10-14)29-22-20(16)19(13-2-5-15(26)6-3-13)17(11-24-22)25-8-9-28-12-25/h2-3,5-6,11,14,26H,4,7-10,12H2,1H3,(H,23,27). The molecule has 150 valence electrons. The lowest BCUT2D eigenvalue weighted by Gasteiger charge is -2.23. The Balaban J connectivity index is 1.70. The molecule has 0 spiro atoms. The number of hydrogen-bond acceptors (Lipinski definition) is 6. The number of thiophene rings is 1. The fourth-order valence-corrected chi connectivity index (χ4v) is 6.67. The van der Waals surface area contributed by atoms with Crippen LogP contribution in [0, 0.1) is 5.92 Å². The molecule has 7 heteroatoms. The highest BCUT2D eigenvalue weighted by Gasteiger charge is 2.30. The molecule has 1 unspecified atom stereocenters. The van der Waals surface area contributed by atoms with E-state index in [0.717, 1.165) is 47.8 Å². The summed E-state index contributed by atoms with van der Waals surface area (Å²) in [5.74, 6) is 2.56. The molecular weight excluding hydrogens is 402 g/mol. The third kappa shape index (κ3) is 3.26. The van der Waals surface area contributed by atoms with Crippen molar-refractivity contribution in [2.75, 3.05) is 30.1 Å². The van der Waals surface area contributed by atoms with Crippen molar-refractivity contribution < 1.29 is 9.90 Å². The second kappa shape index (κ2) is 7.54. The van der Waals surface area contributed by atoms with Crippen molar-refractivity contribution >= 4 is 44.9 Å². The maximum atomic E-state index is 12.2. The average Bonchev–Trinajstić information content (AvgIpc) is 3.40. The first-order valence-electron chi connectivity index (χ1n) is 9.92. The number of anilines is 1. The van der Waals surface area contributed by atoms with Crippen LogP contribution in [0.2, 0.25) is 0 Å². The number of pyridine rings is 1. The molecule has 1 aromatic carbocycles. The summed E-state index contributed by atoms with van der Waals surface area (Å²) in [5.41, 5.74) is 4.85. The van der Waals surface area contributed by atoms with Crippen LogP contribution in [-0.4, -0.2) is 41.2 Å². The highest BCUT2D eigenvalue weighted by molar-refractivity contribution is 7.99. The van der Waals surface area contributed by atoms with Gasteiger partial charge in [-0.1, -0.05) is 12.1 Å². The lowest BCUT2D eigenvalue weighted by molar-refractivity contribution is -0.124. The number of aromatic nitrogens is 1. The topological polar surface area (TPSA) is 65.5 Å². The van der Waals surface area contributed by atoms with Crippen LogP contribution in [-0.2, 0) is 17.6 Å². The van der Waals surface area contributed by atoms with E-state index in [1.165, 1.54) is 27.1 Å². The number of phenols is 1. The number of aromatic hydroxyl groups is 1. The minimum absolute atomic E-state index is 0.0483. The van der Waals surface area contributed by atoms with Gasteiger partial charge in [0.05, 0.1) is 17.8 Å². The third-order valence-corrected chi connectivity index (χ3v) is 8.05. The Morgan fingerprint density at radius 2 is 2.14 bits per heavy atom. The first-order valence-corrected chi connectivity index (χ1v) is 11.9. The SMILES string of the molecule is CNC(=O)C1CCc2c(sc3ncc(N4CCSC4)c(-c4ccc(O)cc4)c23)C1. The maximum Gasteiger partial charge on any atom is 0.223 e. The number of amides is 1. The summed E-state index contributed by atoms with van der Waals surface area (Å²) in [5, 5.41) is 13.8. The minimum Gasteiger partial charge on any atom is -0.508 e. The van der Waals surface area contributed by atoms with Gasteiger partial charge in [-0.15, -0.1) is 23.1 Å². The number of aryl methyl sites for hydroxylation is 1. The summed E-state index contributed by atoms with van der Waals surface area (Å²) in [6.45, 7) is 1.02. The zero-order valence-corrected chi connectivity index (χ0v) is 17.9. The molecule has 1 atom stereocenters. The molecule has 0 bridgehead atoms. The Morgan fingerprint density at radius 3 is 2.86 bits per heavy atom. The monoisotopic (exact) mass is 425 g/mol. The van der Waals surface area contributed by atoms with Gasteiger partial charge in [-0.05, 0) is 42.5 Å². The van der Waals surface area contributed by atoms with E-state index in [9.17, 15) is 9.90 Å². The van der Waals surface area contributed by atoms with E-state index < -0.39 is 0 Å². The normalized spacial score (nSPS) is 18.8. The molecule has 5 rings (SSSR count). The van der Waals surface area contributed by atoms with Crippen LogP contribution in [0.15, 0.2) is 30.5 Å². The lowest BCUT2D eigenvalue weighted by atomic mass is 9.85. The van der Waals surface area contributed by atoms with Gasteiger partial charge in [-0.25, -0.2) is 4.98 Å². The summed E-state index contributed by atoms with van der Waals surface area (Å²) in [6.07, 6.45) is 4.57. The van der Waals surface area contributed by atoms with Gasteiger partial charge in [0.25, 0.3) is 0 Å². The van der Waals surface area contributed by atoms with E-state index in [-0.39, 0.29) is 17.6 Å². The van der Waals surface area contributed by atoms with E-state index in [2.05, 4.69) is 10.2 Å². The molecule has 1 saturated heterocycles. The second-order valence-electron chi connectivity index (χ2n) is 7.60. The van der Waals surface area contributed by atoms with Gasteiger partial charge in [0.15, 0.2) is 0 Å². The molecule has 1 fully saturated rings. The number of rotatable bonds is 3. The molecule has 5 nitrogen and oxygen atoms in total. The van der Waals surface area contributed by atoms with Crippen molar-refractivity contribution in [2.24, 2.45) is 5.92 Å². The molecule has 2 N–H and O–H groups in total. The number of carbonyl (C=O) groups is 1. The van der Waals surface area contributed by atoms with E-state index in [1.807, 2.05) is 30.1 Å². The van der Waals surface area contributed by atoms with E-state index in [1.54, 1.807) is 30.5 Å². The molecule has 1 aliphatic heterocycles. The largest absolute Gasteiger partial charge is 0.508 e. The predicted octanol–water partition coefficient (Wildman–Crippen LogP) is 4.03. The Morgan fingerprint density at radius 1 is 1.31 bits per heavy atom. The highest BCUT2D eigenvalue weighted by Crippen LogP contribution is 2.46. The van der Waals surface area contributed by atoms with E-state index in [4.69, 9.17) is 4.98 Å². The second-order valence-corrected chi connectivity index (χ2v) is 9.76. The summed E-state index contributed by atoms with van der Waals surface area (Å²) in [7, 11) is 1.72. The molecule has 1 aliphatic carbocycles. The Hall–Kier alpha value is -2.25. The molecule has 0 radical (unpaired) electrons. The number of hydrogen-bond donors (Lipinski definition) is 2. The predicted molar refractivity (Wildman–Crippen MR) is 121 cm³/mol. The molecule has 2 aromatic heterocycles. The first kappa shape index (κ1) is 18.8. The van der Waals surface area contributed by atoms with Crippen LogP contribution in [0.1, 0.15) is 16.9 Å². The number of nitrogens with one attached hydrogen (secondary N) is 1. The van der Waals surface area contributed by atoms with Gasteiger partial charge >= 0.3 is 0 Å². The number of phenolic OH excluding ortho intramolecular Hbond substituents is 1. The average molecular weight is 426 g/mol. The van der Waals surface area contributed by atoms with Gasteiger partial charge < -0.3 is 15.3 Å². The molecular formula is C22H23N3O2S2. The summed E-state index contributed by atoms with van der Waals surface area (Å²) in [6, 6.07) is 7.50. The smallest absolute Gasteiger partial charge is 0.223 e. The van der Waals surface area contributed by atoms with E-state index in [0.29, 0.717) is 0 Å². The molecule has 29 heavy (non-hydrogen) atoms. The number of thioether (sulfide) groups is 1. The van der Waals surface area contributed by atoms with Crippen molar-refractivity contribution in [1.82, 2.24) is 10.3 Å². The van der Waals surface area contributed by atoms with Crippen molar-refractivity contribution in [3.8, 4) is 16.9 Å². The Labute approximate surface area is 178 Å². The van der Waals surface area contributed by atoms with Crippen LogP contribution < -0.4 is 10.2 Å². The summed E-state index contributed by atoms with van der Waals surface area (Å²) >= 11 is 3.67. The van der Waals surface area contributed by atoms with Crippen LogP contribution >= 0.6 is 23.1 Å². The van der Waals surface area contributed by atoms with Crippen LogP contribution in [0.3, 0.4) is 0 Å². The van der Waals surface area contributed by atoms with Crippen molar-refractivity contribution in [3.63, 3.8) is 0 Å². The molecule has 0 saturated carbocycles. The zero-order chi connectivity index (χ0) is 20.0. The van der Waals surface area contributed by atoms with Gasteiger partial charge in [-0.2, -0.15) is 0 Å². The molecule has 3 heterocycles. The number of fused-ring (bicyclic) bond motifs is 3. The van der Waals surface area contributed by atoms with Crippen molar-refractivity contribution in [1.29, 1.82) is 0 Å².